The number of carboxylic acid groups (broad SMARTS) is 1. The van der Waals surface area contributed by atoms with E-state index in [0.717, 1.165) is 0 Å². The Balaban J connectivity index is 2.23. The number of carbonyl (C=O) groups excluding carboxylic acids is 1. The fourth-order valence-corrected chi connectivity index (χ4v) is 1.64. The van der Waals surface area contributed by atoms with Crippen molar-refractivity contribution >= 4 is 17.6 Å². The highest BCUT2D eigenvalue weighted by molar-refractivity contribution is 6.05. The molecule has 2 N–H and O–H groups in total. The smallest absolute Gasteiger partial charge is 0.335 e. The van der Waals surface area contributed by atoms with E-state index >= 15 is 0 Å². The standard InChI is InChI=1S/C13H12N2O4/c1-7-5-9(13(17)18)3-4-11(7)15-12(16)10-6-14-19-8(10)2/h3-6H,1-2H3,(H,15,16)(H,17,18). The maximum Gasteiger partial charge on any atom is 0.335 e. The molecule has 1 heterocycles. The number of amides is 1. The van der Waals surface area contributed by atoms with Crippen LogP contribution in [0.5, 0.6) is 0 Å². The van der Waals surface area contributed by atoms with Crippen LogP contribution in [0.25, 0.3) is 0 Å². The topological polar surface area (TPSA) is 92.4 Å². The van der Waals surface area contributed by atoms with Crippen LogP contribution in [-0.4, -0.2) is 22.1 Å². The Labute approximate surface area is 109 Å². The number of hydrogen-bond acceptors (Lipinski definition) is 4. The molecule has 98 valence electrons. The van der Waals surface area contributed by atoms with E-state index in [9.17, 15) is 9.59 Å². The van der Waals surface area contributed by atoms with Gasteiger partial charge in [0.05, 0.1) is 11.8 Å². The van der Waals surface area contributed by atoms with Gasteiger partial charge < -0.3 is 14.9 Å². The van der Waals surface area contributed by atoms with Gasteiger partial charge in [0.1, 0.15) is 11.3 Å². The molecule has 0 aliphatic carbocycles. The minimum atomic E-state index is -1.00. The Bertz CT molecular complexity index is 646. The fourth-order valence-electron chi connectivity index (χ4n) is 1.64. The first-order chi connectivity index (χ1) is 8.99. The van der Waals surface area contributed by atoms with Gasteiger partial charge in [0.2, 0.25) is 0 Å². The number of aromatic carboxylic acids is 1. The molecular formula is C13H12N2O4. The van der Waals surface area contributed by atoms with Gasteiger partial charge in [-0.3, -0.25) is 4.79 Å². The van der Waals surface area contributed by atoms with Crippen LogP contribution in [0.3, 0.4) is 0 Å². The van der Waals surface area contributed by atoms with Crippen LogP contribution in [0.4, 0.5) is 5.69 Å². The molecule has 0 atom stereocenters. The van der Waals surface area contributed by atoms with Crippen molar-refractivity contribution in [3.05, 3.63) is 46.8 Å². The molecule has 0 bridgehead atoms. The van der Waals surface area contributed by atoms with Gasteiger partial charge >= 0.3 is 5.97 Å². The lowest BCUT2D eigenvalue weighted by atomic mass is 10.1. The average molecular weight is 260 g/mol. The van der Waals surface area contributed by atoms with Crippen molar-refractivity contribution in [1.29, 1.82) is 0 Å². The van der Waals surface area contributed by atoms with E-state index in [2.05, 4.69) is 10.5 Å². The van der Waals surface area contributed by atoms with Crippen molar-refractivity contribution < 1.29 is 19.2 Å². The van der Waals surface area contributed by atoms with E-state index < -0.39 is 5.97 Å². The number of rotatable bonds is 3. The van der Waals surface area contributed by atoms with E-state index in [1.54, 1.807) is 19.9 Å². The molecule has 19 heavy (non-hydrogen) atoms. The summed E-state index contributed by atoms with van der Waals surface area (Å²) in [4.78, 5) is 22.7. The number of carbonyl (C=O) groups is 2. The SMILES string of the molecule is Cc1cc(C(=O)O)ccc1NC(=O)c1cnoc1C. The average Bonchev–Trinajstić information content (AvgIpc) is 2.77. The molecule has 0 fully saturated rings. The number of nitrogens with zero attached hydrogens (tertiary/aromatic N) is 1. The Morgan fingerprint density at radius 3 is 2.58 bits per heavy atom. The maximum atomic E-state index is 11.9. The summed E-state index contributed by atoms with van der Waals surface area (Å²) in [6.45, 7) is 3.37. The number of benzene rings is 1. The first-order valence-electron chi connectivity index (χ1n) is 5.55. The molecule has 0 saturated heterocycles. The second-order valence-electron chi connectivity index (χ2n) is 4.08. The van der Waals surface area contributed by atoms with Crippen LogP contribution >= 0.6 is 0 Å². The van der Waals surface area contributed by atoms with Crippen LogP contribution < -0.4 is 5.32 Å². The molecule has 1 aromatic heterocycles. The van der Waals surface area contributed by atoms with Gasteiger partial charge in [-0.1, -0.05) is 5.16 Å². The minimum absolute atomic E-state index is 0.177. The summed E-state index contributed by atoms with van der Waals surface area (Å²) < 4.78 is 4.82. The van der Waals surface area contributed by atoms with E-state index in [-0.39, 0.29) is 11.5 Å². The van der Waals surface area contributed by atoms with Crippen LogP contribution in [0.15, 0.2) is 28.9 Å². The fraction of sp³-hybridized carbons (Fsp3) is 0.154. The Hall–Kier alpha value is -2.63. The monoisotopic (exact) mass is 260 g/mol. The molecule has 1 aromatic carbocycles. The number of aryl methyl sites for hydroxylation is 2. The molecule has 2 aromatic rings. The van der Waals surface area contributed by atoms with Crippen molar-refractivity contribution in [3.63, 3.8) is 0 Å². The third kappa shape index (κ3) is 2.62. The summed E-state index contributed by atoms with van der Waals surface area (Å²) in [6.07, 6.45) is 1.34. The molecule has 2 rings (SSSR count). The van der Waals surface area contributed by atoms with Gasteiger partial charge in [-0.25, -0.2) is 4.79 Å². The zero-order chi connectivity index (χ0) is 14.0. The molecule has 0 saturated carbocycles. The first kappa shape index (κ1) is 12.8. The quantitative estimate of drug-likeness (QED) is 0.882. The number of nitrogens with one attached hydrogen (secondary N) is 1. The molecule has 6 nitrogen and oxygen atoms in total. The molecule has 1 amide bonds. The predicted octanol–water partition coefficient (Wildman–Crippen LogP) is 2.24. The number of hydrogen-bond donors (Lipinski definition) is 2. The van der Waals surface area contributed by atoms with E-state index in [1.807, 2.05) is 0 Å². The van der Waals surface area contributed by atoms with E-state index in [4.69, 9.17) is 9.63 Å². The third-order valence-corrected chi connectivity index (χ3v) is 2.72. The van der Waals surface area contributed by atoms with Gasteiger partial charge in [-0.15, -0.1) is 0 Å². The van der Waals surface area contributed by atoms with Gasteiger partial charge in [-0.2, -0.15) is 0 Å². The molecule has 0 spiro atoms. The number of aromatic nitrogens is 1. The van der Waals surface area contributed by atoms with Crippen molar-refractivity contribution in [2.75, 3.05) is 5.32 Å². The Kier molecular flexibility index (Phi) is 3.33. The van der Waals surface area contributed by atoms with Crippen molar-refractivity contribution in [1.82, 2.24) is 5.16 Å². The summed E-state index contributed by atoms with van der Waals surface area (Å²) in [5.74, 6) is -0.918. The van der Waals surface area contributed by atoms with Crippen LogP contribution in [0.2, 0.25) is 0 Å². The predicted molar refractivity (Wildman–Crippen MR) is 67.3 cm³/mol. The zero-order valence-corrected chi connectivity index (χ0v) is 10.4. The van der Waals surface area contributed by atoms with Crippen LogP contribution in [-0.2, 0) is 0 Å². The highest BCUT2D eigenvalue weighted by Gasteiger charge is 2.14. The number of carboxylic acids is 1. The molecule has 0 radical (unpaired) electrons. The van der Waals surface area contributed by atoms with Gasteiger partial charge in [0.15, 0.2) is 0 Å². The summed E-state index contributed by atoms with van der Waals surface area (Å²) >= 11 is 0. The zero-order valence-electron chi connectivity index (χ0n) is 10.4. The Morgan fingerprint density at radius 2 is 2.05 bits per heavy atom. The molecule has 0 aliphatic rings. The lowest BCUT2D eigenvalue weighted by Gasteiger charge is -2.08. The van der Waals surface area contributed by atoms with Crippen molar-refractivity contribution in [2.24, 2.45) is 0 Å². The van der Waals surface area contributed by atoms with Crippen molar-refractivity contribution in [2.45, 2.75) is 13.8 Å². The first-order valence-corrected chi connectivity index (χ1v) is 5.55. The molecular weight excluding hydrogens is 248 g/mol. The lowest BCUT2D eigenvalue weighted by molar-refractivity contribution is 0.0696. The third-order valence-electron chi connectivity index (χ3n) is 2.72. The van der Waals surface area contributed by atoms with Crippen LogP contribution in [0, 0.1) is 13.8 Å². The normalized spacial score (nSPS) is 10.2. The second kappa shape index (κ2) is 4.93. The van der Waals surface area contributed by atoms with Crippen LogP contribution in [0.1, 0.15) is 32.0 Å². The summed E-state index contributed by atoms with van der Waals surface area (Å²) in [7, 11) is 0. The van der Waals surface area contributed by atoms with Gasteiger partial charge in [0.25, 0.3) is 5.91 Å². The summed E-state index contributed by atoms with van der Waals surface area (Å²) in [5.41, 5.74) is 1.75. The summed E-state index contributed by atoms with van der Waals surface area (Å²) in [5, 5.41) is 15.1. The van der Waals surface area contributed by atoms with Gasteiger partial charge in [-0.05, 0) is 37.6 Å². The number of anilines is 1. The van der Waals surface area contributed by atoms with Crippen molar-refractivity contribution in [3.8, 4) is 0 Å². The largest absolute Gasteiger partial charge is 0.478 e. The Morgan fingerprint density at radius 1 is 1.32 bits per heavy atom. The van der Waals surface area contributed by atoms with E-state index in [0.29, 0.717) is 22.6 Å². The molecule has 0 aliphatic heterocycles. The second-order valence-corrected chi connectivity index (χ2v) is 4.08. The minimum Gasteiger partial charge on any atom is -0.478 e. The lowest BCUT2D eigenvalue weighted by Crippen LogP contribution is -2.13. The molecule has 6 heteroatoms. The van der Waals surface area contributed by atoms with Gasteiger partial charge in [0, 0.05) is 5.69 Å². The highest BCUT2D eigenvalue weighted by Crippen LogP contribution is 2.18. The maximum absolute atomic E-state index is 11.9. The summed E-state index contributed by atoms with van der Waals surface area (Å²) in [6, 6.07) is 4.49. The molecule has 0 unspecified atom stereocenters. The highest BCUT2D eigenvalue weighted by atomic mass is 16.5. The van der Waals surface area contributed by atoms with E-state index in [1.165, 1.54) is 18.3 Å².